The molecule has 4 rings (SSSR count). The lowest BCUT2D eigenvalue weighted by Crippen LogP contribution is -2.57. The molecule has 0 radical (unpaired) electrons. The highest BCUT2D eigenvalue weighted by Crippen LogP contribution is 2.50. The second-order valence-electron chi connectivity index (χ2n) is 6.08. The quantitative estimate of drug-likeness (QED) is 0.897. The number of benzene rings is 1. The van der Waals surface area contributed by atoms with E-state index in [1.807, 2.05) is 7.11 Å². The van der Waals surface area contributed by atoms with Crippen LogP contribution in [0.3, 0.4) is 0 Å². The predicted octanol–water partition coefficient (Wildman–Crippen LogP) is 2.85. The normalized spacial score (nSPS) is 31.9. The van der Waals surface area contributed by atoms with Crippen molar-refractivity contribution in [1.82, 2.24) is 15.3 Å². The van der Waals surface area contributed by atoms with Crippen LogP contribution in [0.1, 0.15) is 24.8 Å². The number of piperidine rings is 1. The first-order valence-corrected chi connectivity index (χ1v) is 7.54. The van der Waals surface area contributed by atoms with Crippen molar-refractivity contribution < 1.29 is 4.74 Å². The lowest BCUT2D eigenvalue weighted by molar-refractivity contribution is -0.143. The van der Waals surface area contributed by atoms with Gasteiger partial charge < -0.3 is 15.0 Å². The second kappa shape index (κ2) is 5.59. The van der Waals surface area contributed by atoms with Crippen molar-refractivity contribution in [3.63, 3.8) is 0 Å². The Morgan fingerprint density at radius 1 is 1.24 bits per heavy atom. The van der Waals surface area contributed by atoms with Crippen LogP contribution in [0.2, 0.25) is 0 Å². The largest absolute Gasteiger partial charge is 0.373 e. The van der Waals surface area contributed by atoms with Gasteiger partial charge in [0.15, 0.2) is 0 Å². The molecule has 2 N–H and O–H groups in total. The summed E-state index contributed by atoms with van der Waals surface area (Å²) in [4.78, 5) is 7.78. The van der Waals surface area contributed by atoms with Gasteiger partial charge in [0.1, 0.15) is 5.60 Å². The average Bonchev–Trinajstić information content (AvgIpc) is 2.94. The van der Waals surface area contributed by atoms with E-state index >= 15 is 0 Å². The first-order valence-electron chi connectivity index (χ1n) is 7.54. The third kappa shape index (κ3) is 2.00. The highest BCUT2D eigenvalue weighted by molar-refractivity contribution is 5.85. The van der Waals surface area contributed by atoms with Gasteiger partial charge in [-0.15, -0.1) is 12.4 Å². The number of hydrogen-bond donors (Lipinski definition) is 2. The molecule has 2 aliphatic rings. The standard InChI is InChI=1S/C16H21N3O.ClH/c1-20-16(11-4-2-5-12(16)9-17-8-11)13-6-3-7-14-15(13)19-10-18-14;/h3,6-7,10-12,17H,2,4-5,8-9H2,1H3,(H,18,19);1H. The minimum absolute atomic E-state index is 0. The maximum Gasteiger partial charge on any atom is 0.103 e. The summed E-state index contributed by atoms with van der Waals surface area (Å²) in [7, 11) is 1.88. The van der Waals surface area contributed by atoms with E-state index in [9.17, 15) is 0 Å². The molecule has 1 saturated heterocycles. The van der Waals surface area contributed by atoms with Crippen LogP contribution in [-0.2, 0) is 10.3 Å². The third-order valence-electron chi connectivity index (χ3n) is 5.31. The van der Waals surface area contributed by atoms with Crippen molar-refractivity contribution in [1.29, 1.82) is 0 Å². The van der Waals surface area contributed by atoms with Gasteiger partial charge in [0.25, 0.3) is 0 Å². The van der Waals surface area contributed by atoms with E-state index in [-0.39, 0.29) is 18.0 Å². The molecule has 5 heteroatoms. The van der Waals surface area contributed by atoms with Gasteiger partial charge in [-0.2, -0.15) is 0 Å². The van der Waals surface area contributed by atoms with Gasteiger partial charge in [-0.25, -0.2) is 4.98 Å². The molecule has 2 atom stereocenters. The Balaban J connectivity index is 0.00000132. The SMILES string of the molecule is COC1(c2cccc3[nH]cnc23)C2CCCC1CNC2.Cl. The molecule has 114 valence electrons. The molecule has 2 bridgehead atoms. The van der Waals surface area contributed by atoms with Crippen LogP contribution in [0.25, 0.3) is 11.0 Å². The number of H-pyrrole nitrogens is 1. The fraction of sp³-hybridized carbons (Fsp3) is 0.562. The summed E-state index contributed by atoms with van der Waals surface area (Å²) in [6, 6.07) is 6.42. The number of halogens is 1. The van der Waals surface area contributed by atoms with Gasteiger partial charge in [-0.05, 0) is 18.9 Å². The molecule has 2 unspecified atom stereocenters. The number of aromatic nitrogens is 2. The topological polar surface area (TPSA) is 49.9 Å². The minimum Gasteiger partial charge on any atom is -0.373 e. The van der Waals surface area contributed by atoms with Crippen molar-refractivity contribution in [2.45, 2.75) is 24.9 Å². The van der Waals surface area contributed by atoms with Crippen LogP contribution in [0, 0.1) is 11.8 Å². The number of nitrogens with one attached hydrogen (secondary N) is 2. The molecule has 21 heavy (non-hydrogen) atoms. The molecule has 0 amide bonds. The Morgan fingerprint density at radius 2 is 2.00 bits per heavy atom. The highest BCUT2D eigenvalue weighted by atomic mass is 35.5. The van der Waals surface area contributed by atoms with E-state index < -0.39 is 0 Å². The zero-order valence-corrected chi connectivity index (χ0v) is 13.1. The van der Waals surface area contributed by atoms with E-state index in [0.29, 0.717) is 11.8 Å². The highest BCUT2D eigenvalue weighted by Gasteiger charge is 2.52. The van der Waals surface area contributed by atoms with Gasteiger partial charge in [-0.1, -0.05) is 18.6 Å². The lowest BCUT2D eigenvalue weighted by atomic mass is 9.62. The van der Waals surface area contributed by atoms with Crippen molar-refractivity contribution in [3.05, 3.63) is 30.1 Å². The van der Waals surface area contributed by atoms with Crippen molar-refractivity contribution in [3.8, 4) is 0 Å². The number of rotatable bonds is 2. The first kappa shape index (κ1) is 14.8. The van der Waals surface area contributed by atoms with Crippen LogP contribution < -0.4 is 5.32 Å². The number of ether oxygens (including phenoxy) is 1. The fourth-order valence-electron chi connectivity index (χ4n) is 4.48. The third-order valence-corrected chi connectivity index (χ3v) is 5.31. The van der Waals surface area contributed by atoms with E-state index in [0.717, 1.165) is 24.1 Å². The number of para-hydroxylation sites is 1. The van der Waals surface area contributed by atoms with Crippen molar-refractivity contribution in [2.75, 3.05) is 20.2 Å². The number of fused-ring (bicyclic) bond motifs is 3. The van der Waals surface area contributed by atoms with E-state index in [2.05, 4.69) is 33.5 Å². The van der Waals surface area contributed by atoms with E-state index in [1.54, 1.807) is 6.33 Å². The Kier molecular flexibility index (Phi) is 3.95. The average molecular weight is 308 g/mol. The smallest absolute Gasteiger partial charge is 0.103 e. The zero-order chi connectivity index (χ0) is 13.6. The zero-order valence-electron chi connectivity index (χ0n) is 12.3. The molecule has 2 fully saturated rings. The summed E-state index contributed by atoms with van der Waals surface area (Å²) in [6.07, 6.45) is 5.57. The monoisotopic (exact) mass is 307 g/mol. The summed E-state index contributed by atoms with van der Waals surface area (Å²) in [5.41, 5.74) is 3.29. The number of imidazole rings is 1. The molecule has 1 aliphatic heterocycles. The van der Waals surface area contributed by atoms with Crippen LogP contribution in [0.15, 0.2) is 24.5 Å². The molecule has 1 aromatic carbocycles. The molecule has 1 aromatic heterocycles. The number of hydrogen-bond acceptors (Lipinski definition) is 3. The van der Waals surface area contributed by atoms with Crippen LogP contribution in [0.5, 0.6) is 0 Å². The predicted molar refractivity (Wildman–Crippen MR) is 85.7 cm³/mol. The Bertz CT molecular complexity index is 605. The van der Waals surface area contributed by atoms with Crippen LogP contribution in [-0.4, -0.2) is 30.2 Å². The summed E-state index contributed by atoms with van der Waals surface area (Å²) in [5.74, 6) is 1.09. The molecular formula is C16H22ClN3O. The van der Waals surface area contributed by atoms with Gasteiger partial charge in [0, 0.05) is 37.6 Å². The van der Waals surface area contributed by atoms with Gasteiger partial charge in [0.05, 0.1) is 17.4 Å². The van der Waals surface area contributed by atoms with E-state index in [4.69, 9.17) is 4.74 Å². The number of aromatic amines is 1. The lowest BCUT2D eigenvalue weighted by Gasteiger charge is -2.52. The number of nitrogens with zero attached hydrogens (tertiary/aromatic N) is 1. The number of methoxy groups -OCH3 is 1. The van der Waals surface area contributed by atoms with Crippen molar-refractivity contribution in [2.24, 2.45) is 11.8 Å². The summed E-state index contributed by atoms with van der Waals surface area (Å²) in [6.45, 7) is 2.09. The second-order valence-corrected chi connectivity index (χ2v) is 6.08. The molecule has 4 nitrogen and oxygen atoms in total. The molecule has 1 saturated carbocycles. The van der Waals surface area contributed by atoms with Gasteiger partial charge in [0.2, 0.25) is 0 Å². The summed E-state index contributed by atoms with van der Waals surface area (Å²) >= 11 is 0. The van der Waals surface area contributed by atoms with E-state index in [1.165, 1.54) is 24.8 Å². The molecular weight excluding hydrogens is 286 g/mol. The molecule has 2 heterocycles. The van der Waals surface area contributed by atoms with Crippen LogP contribution >= 0.6 is 12.4 Å². The minimum atomic E-state index is -0.168. The Hall–Kier alpha value is -1.10. The maximum absolute atomic E-state index is 6.22. The van der Waals surface area contributed by atoms with Gasteiger partial charge >= 0.3 is 0 Å². The maximum atomic E-state index is 6.22. The first-order chi connectivity index (χ1) is 9.86. The fourth-order valence-corrected chi connectivity index (χ4v) is 4.48. The summed E-state index contributed by atoms with van der Waals surface area (Å²) < 4.78 is 6.22. The van der Waals surface area contributed by atoms with Gasteiger partial charge in [-0.3, -0.25) is 0 Å². The van der Waals surface area contributed by atoms with Crippen molar-refractivity contribution >= 4 is 23.4 Å². The van der Waals surface area contributed by atoms with Crippen LogP contribution in [0.4, 0.5) is 0 Å². The Morgan fingerprint density at radius 3 is 2.71 bits per heavy atom. The molecule has 2 aromatic rings. The Labute approximate surface area is 131 Å². The summed E-state index contributed by atoms with van der Waals surface area (Å²) in [5, 5.41) is 3.58. The molecule has 1 aliphatic carbocycles. The molecule has 0 spiro atoms.